The highest BCUT2D eigenvalue weighted by molar-refractivity contribution is 6.31. The van der Waals surface area contributed by atoms with Crippen molar-refractivity contribution in [2.75, 3.05) is 5.01 Å². The molecule has 1 heterocycles. The number of hydrazine groups is 1. The van der Waals surface area contributed by atoms with Gasteiger partial charge < -0.3 is 0 Å². The van der Waals surface area contributed by atoms with Crippen LogP contribution in [0.15, 0.2) is 54.1 Å². The zero-order chi connectivity index (χ0) is 15.7. The quantitative estimate of drug-likeness (QED) is 0.684. The first-order valence-corrected chi connectivity index (χ1v) is 6.43. The molecule has 1 fully saturated rings. The maximum absolute atomic E-state index is 12.9. The lowest BCUT2D eigenvalue weighted by Crippen LogP contribution is -2.35. The number of anilines is 1. The van der Waals surface area contributed by atoms with Crippen molar-refractivity contribution in [1.82, 2.24) is 5.43 Å². The van der Waals surface area contributed by atoms with Gasteiger partial charge in [0.1, 0.15) is 17.2 Å². The fourth-order valence-electron chi connectivity index (χ4n) is 2.06. The Kier molecular flexibility index (Phi) is 3.42. The zero-order valence-corrected chi connectivity index (χ0v) is 11.2. The van der Waals surface area contributed by atoms with Crippen molar-refractivity contribution in [2.24, 2.45) is 0 Å². The van der Waals surface area contributed by atoms with Gasteiger partial charge in [0.05, 0.1) is 5.69 Å². The molecule has 3 rings (SSSR count). The standard InChI is InChI=1S/C16H10F2N2O2/c17-11-3-1-10(2-4-11)9-14-15(21)19-20(16(14)22)13-7-5-12(18)6-8-13/h1-9H,(H,19,21)/b14-9+. The van der Waals surface area contributed by atoms with E-state index < -0.39 is 23.4 Å². The highest BCUT2D eigenvalue weighted by Crippen LogP contribution is 2.21. The lowest BCUT2D eigenvalue weighted by atomic mass is 10.1. The van der Waals surface area contributed by atoms with E-state index in [1.54, 1.807) is 0 Å². The van der Waals surface area contributed by atoms with Crippen molar-refractivity contribution in [3.63, 3.8) is 0 Å². The largest absolute Gasteiger partial charge is 0.282 e. The molecule has 0 unspecified atom stereocenters. The predicted octanol–water partition coefficient (Wildman–Crippen LogP) is 2.43. The van der Waals surface area contributed by atoms with Gasteiger partial charge in [0, 0.05) is 0 Å². The molecule has 2 aromatic carbocycles. The van der Waals surface area contributed by atoms with Crippen LogP contribution in [0.1, 0.15) is 5.56 Å². The molecular formula is C16H10F2N2O2. The third kappa shape index (κ3) is 2.58. The van der Waals surface area contributed by atoms with Crippen LogP contribution in [0.3, 0.4) is 0 Å². The molecule has 0 spiro atoms. The van der Waals surface area contributed by atoms with Crippen molar-refractivity contribution in [3.8, 4) is 0 Å². The number of carbonyl (C=O) groups is 2. The van der Waals surface area contributed by atoms with Gasteiger partial charge in [0.2, 0.25) is 0 Å². The Morgan fingerprint density at radius 3 is 2.00 bits per heavy atom. The molecule has 0 bridgehead atoms. The number of halogens is 2. The lowest BCUT2D eigenvalue weighted by Gasteiger charge is -2.14. The van der Waals surface area contributed by atoms with Crippen LogP contribution in [-0.4, -0.2) is 11.8 Å². The molecule has 0 saturated carbocycles. The van der Waals surface area contributed by atoms with Crippen LogP contribution in [0.5, 0.6) is 0 Å². The van der Waals surface area contributed by atoms with E-state index in [0.717, 1.165) is 5.01 Å². The van der Waals surface area contributed by atoms with Crippen LogP contribution >= 0.6 is 0 Å². The molecule has 2 aromatic rings. The summed E-state index contributed by atoms with van der Waals surface area (Å²) in [5.41, 5.74) is 3.21. The molecule has 0 aromatic heterocycles. The average Bonchev–Trinajstić information content (AvgIpc) is 2.78. The number of benzene rings is 2. The molecule has 1 aliphatic rings. The number of nitrogens with zero attached hydrogens (tertiary/aromatic N) is 1. The molecule has 0 aliphatic carbocycles. The summed E-state index contributed by atoms with van der Waals surface area (Å²) >= 11 is 0. The summed E-state index contributed by atoms with van der Waals surface area (Å²) in [6.07, 6.45) is 1.38. The molecule has 22 heavy (non-hydrogen) atoms. The monoisotopic (exact) mass is 300 g/mol. The van der Waals surface area contributed by atoms with Crippen LogP contribution in [0.25, 0.3) is 6.08 Å². The smallest absolute Gasteiger partial charge is 0.267 e. The third-order valence-corrected chi connectivity index (χ3v) is 3.16. The molecule has 6 heteroatoms. The van der Waals surface area contributed by atoms with Crippen LogP contribution in [0.4, 0.5) is 14.5 Å². The fourth-order valence-corrected chi connectivity index (χ4v) is 2.06. The fraction of sp³-hybridized carbons (Fsp3) is 0. The van der Waals surface area contributed by atoms with E-state index in [1.807, 2.05) is 0 Å². The van der Waals surface area contributed by atoms with E-state index >= 15 is 0 Å². The number of amides is 2. The van der Waals surface area contributed by atoms with Crippen LogP contribution in [-0.2, 0) is 9.59 Å². The Balaban J connectivity index is 1.91. The molecule has 0 radical (unpaired) electrons. The van der Waals surface area contributed by atoms with Crippen LogP contribution < -0.4 is 10.4 Å². The van der Waals surface area contributed by atoms with Crippen LogP contribution in [0.2, 0.25) is 0 Å². The van der Waals surface area contributed by atoms with Gasteiger partial charge >= 0.3 is 0 Å². The minimum absolute atomic E-state index is 0.0732. The van der Waals surface area contributed by atoms with Crippen LogP contribution in [0, 0.1) is 11.6 Å². The number of hydrogen-bond donors (Lipinski definition) is 1. The molecule has 0 atom stereocenters. The molecule has 110 valence electrons. The molecular weight excluding hydrogens is 290 g/mol. The van der Waals surface area contributed by atoms with Gasteiger partial charge in [-0.3, -0.25) is 15.0 Å². The second-order valence-electron chi connectivity index (χ2n) is 4.67. The zero-order valence-electron chi connectivity index (χ0n) is 11.2. The summed E-state index contributed by atoms with van der Waals surface area (Å²) in [6.45, 7) is 0. The third-order valence-electron chi connectivity index (χ3n) is 3.16. The van der Waals surface area contributed by atoms with Crippen molar-refractivity contribution in [2.45, 2.75) is 0 Å². The summed E-state index contributed by atoms with van der Waals surface area (Å²) in [7, 11) is 0. The SMILES string of the molecule is O=C1NN(c2ccc(F)cc2)C(=O)/C1=C/c1ccc(F)cc1. The second-order valence-corrected chi connectivity index (χ2v) is 4.67. The van der Waals surface area contributed by atoms with Crippen molar-refractivity contribution < 1.29 is 18.4 Å². The van der Waals surface area contributed by atoms with Gasteiger partial charge in [-0.05, 0) is 48.0 Å². The summed E-state index contributed by atoms with van der Waals surface area (Å²) in [4.78, 5) is 24.2. The van der Waals surface area contributed by atoms with Gasteiger partial charge in [0.25, 0.3) is 11.8 Å². The summed E-state index contributed by atoms with van der Waals surface area (Å²) in [6, 6.07) is 10.5. The van der Waals surface area contributed by atoms with Gasteiger partial charge in [-0.15, -0.1) is 0 Å². The highest BCUT2D eigenvalue weighted by atomic mass is 19.1. The maximum atomic E-state index is 12.9. The predicted molar refractivity (Wildman–Crippen MR) is 76.4 cm³/mol. The molecule has 2 amide bonds. The minimum Gasteiger partial charge on any atom is -0.267 e. The first-order valence-electron chi connectivity index (χ1n) is 6.43. The number of carbonyl (C=O) groups excluding carboxylic acids is 2. The first-order chi connectivity index (χ1) is 10.5. The number of hydrogen-bond acceptors (Lipinski definition) is 2. The van der Waals surface area contributed by atoms with E-state index in [9.17, 15) is 18.4 Å². The van der Waals surface area contributed by atoms with Gasteiger partial charge in [0.15, 0.2) is 0 Å². The summed E-state index contributed by atoms with van der Waals surface area (Å²) < 4.78 is 25.8. The topological polar surface area (TPSA) is 49.4 Å². The number of nitrogens with one attached hydrogen (secondary N) is 1. The molecule has 1 saturated heterocycles. The molecule has 1 aliphatic heterocycles. The van der Waals surface area contributed by atoms with E-state index in [1.165, 1.54) is 54.6 Å². The van der Waals surface area contributed by atoms with Crippen molar-refractivity contribution >= 4 is 23.6 Å². The first kappa shape index (κ1) is 13.9. The van der Waals surface area contributed by atoms with E-state index in [0.29, 0.717) is 11.3 Å². The Labute approximate surface area is 124 Å². The van der Waals surface area contributed by atoms with Crippen molar-refractivity contribution in [1.29, 1.82) is 0 Å². The Hall–Kier alpha value is -3.02. The van der Waals surface area contributed by atoms with E-state index in [4.69, 9.17) is 0 Å². The maximum Gasteiger partial charge on any atom is 0.282 e. The van der Waals surface area contributed by atoms with Gasteiger partial charge in [-0.25, -0.2) is 13.8 Å². The highest BCUT2D eigenvalue weighted by Gasteiger charge is 2.34. The average molecular weight is 300 g/mol. The normalized spacial score (nSPS) is 16.3. The summed E-state index contributed by atoms with van der Waals surface area (Å²) in [5.74, 6) is -1.97. The Bertz CT molecular complexity index is 768. The minimum atomic E-state index is -0.571. The van der Waals surface area contributed by atoms with E-state index in [-0.39, 0.29) is 5.57 Å². The Morgan fingerprint density at radius 1 is 0.864 bits per heavy atom. The second kappa shape index (κ2) is 5.40. The van der Waals surface area contributed by atoms with E-state index in [2.05, 4.69) is 5.43 Å². The molecule has 4 nitrogen and oxygen atoms in total. The van der Waals surface area contributed by atoms with Gasteiger partial charge in [-0.2, -0.15) is 0 Å². The van der Waals surface area contributed by atoms with Crippen molar-refractivity contribution in [3.05, 3.63) is 71.3 Å². The Morgan fingerprint density at radius 2 is 1.41 bits per heavy atom. The number of rotatable bonds is 2. The van der Waals surface area contributed by atoms with Gasteiger partial charge in [-0.1, -0.05) is 12.1 Å². The summed E-state index contributed by atoms with van der Waals surface area (Å²) in [5, 5.41) is 1.04. The lowest BCUT2D eigenvalue weighted by molar-refractivity contribution is -0.117. The molecule has 1 N–H and O–H groups in total.